The number of nitriles is 3. The van der Waals surface area contributed by atoms with E-state index in [2.05, 4.69) is 61.5 Å². The van der Waals surface area contributed by atoms with Crippen molar-refractivity contribution in [3.05, 3.63) is 82.9 Å². The number of nitrogens with one attached hydrogen (secondary N) is 2. The number of quaternary nitrogens is 1. The minimum Gasteiger partial charge on any atom is -0.327 e. The summed E-state index contributed by atoms with van der Waals surface area (Å²) in [6.07, 6.45) is 2.92. The van der Waals surface area contributed by atoms with E-state index in [1.54, 1.807) is 0 Å². The third-order valence-electron chi connectivity index (χ3n) is 7.00. The molecule has 0 amide bonds. The highest BCUT2D eigenvalue weighted by Crippen LogP contribution is 2.51. The Morgan fingerprint density at radius 1 is 1.00 bits per heavy atom. The monoisotopic (exact) mass is 420 g/mol. The van der Waals surface area contributed by atoms with Crippen molar-refractivity contribution in [3.8, 4) is 18.2 Å². The van der Waals surface area contributed by atoms with Crippen molar-refractivity contribution in [2.75, 3.05) is 13.1 Å². The number of rotatable bonds is 4. The molecule has 1 saturated carbocycles. The Kier molecular flexibility index (Phi) is 5.91. The molecule has 1 aliphatic heterocycles. The molecule has 32 heavy (non-hydrogen) atoms. The molecule has 158 valence electrons. The number of hydrogen-bond acceptors (Lipinski definition) is 4. The average Bonchev–Trinajstić information content (AvgIpc) is 2.84. The lowest BCUT2D eigenvalue weighted by Gasteiger charge is -2.46. The van der Waals surface area contributed by atoms with Gasteiger partial charge in [0.1, 0.15) is 6.54 Å². The third kappa shape index (κ3) is 3.50. The molecule has 1 fully saturated rings. The van der Waals surface area contributed by atoms with Gasteiger partial charge >= 0.3 is 0 Å². The predicted molar refractivity (Wildman–Crippen MR) is 121 cm³/mol. The van der Waals surface area contributed by atoms with Gasteiger partial charge in [0, 0.05) is 17.4 Å². The third-order valence-corrected chi connectivity index (χ3v) is 7.00. The van der Waals surface area contributed by atoms with Crippen LogP contribution < -0.4 is 4.90 Å². The van der Waals surface area contributed by atoms with Crippen molar-refractivity contribution in [2.24, 2.45) is 17.3 Å². The van der Waals surface area contributed by atoms with Gasteiger partial charge in [-0.05, 0) is 29.2 Å². The summed E-state index contributed by atoms with van der Waals surface area (Å²) < 4.78 is 0. The molecule has 5 heteroatoms. The Bertz CT molecular complexity index is 1140. The van der Waals surface area contributed by atoms with Crippen molar-refractivity contribution in [3.63, 3.8) is 0 Å². The van der Waals surface area contributed by atoms with Gasteiger partial charge in [-0.15, -0.1) is 0 Å². The molecular weight excluding hydrogens is 394 g/mol. The molecule has 4 atom stereocenters. The van der Waals surface area contributed by atoms with E-state index in [-0.39, 0.29) is 17.5 Å². The van der Waals surface area contributed by atoms with Crippen LogP contribution in [0.3, 0.4) is 0 Å². The zero-order valence-electron chi connectivity index (χ0n) is 18.2. The lowest BCUT2D eigenvalue weighted by molar-refractivity contribution is -0.913. The molecule has 2 N–H and O–H groups in total. The van der Waals surface area contributed by atoms with Crippen LogP contribution in [0.2, 0.25) is 0 Å². The van der Waals surface area contributed by atoms with Gasteiger partial charge in [-0.1, -0.05) is 61.5 Å². The maximum absolute atomic E-state index is 10.1. The Balaban J connectivity index is 1.79. The molecule has 0 bridgehead atoms. The maximum atomic E-state index is 10.1. The number of fused-ring (bicyclic) bond motifs is 1. The number of aryl methyl sites for hydroxylation is 1. The molecular formula is C27H26N5+. The van der Waals surface area contributed by atoms with Gasteiger partial charge in [0.15, 0.2) is 0 Å². The van der Waals surface area contributed by atoms with Gasteiger partial charge in [0.25, 0.3) is 0 Å². The van der Waals surface area contributed by atoms with E-state index < -0.39 is 11.3 Å². The molecule has 2 unspecified atom stereocenters. The van der Waals surface area contributed by atoms with Gasteiger partial charge in [0.2, 0.25) is 5.41 Å². The fourth-order valence-corrected chi connectivity index (χ4v) is 5.31. The lowest BCUT2D eigenvalue weighted by Crippen LogP contribution is -3.12. The summed E-state index contributed by atoms with van der Waals surface area (Å²) in [5.74, 6) is -1.20. The highest BCUT2D eigenvalue weighted by Gasteiger charge is 2.57. The minimum absolute atomic E-state index is 0.0800. The van der Waals surface area contributed by atoms with E-state index in [1.165, 1.54) is 16.0 Å². The second kappa shape index (κ2) is 8.80. The molecule has 2 aromatic rings. The van der Waals surface area contributed by atoms with Crippen LogP contribution in [0.25, 0.3) is 0 Å². The van der Waals surface area contributed by atoms with E-state index in [9.17, 15) is 15.8 Å². The second-order valence-electron chi connectivity index (χ2n) is 8.70. The van der Waals surface area contributed by atoms with Crippen LogP contribution in [-0.4, -0.2) is 18.8 Å². The van der Waals surface area contributed by atoms with Crippen LogP contribution in [0, 0.1) is 56.7 Å². The van der Waals surface area contributed by atoms with Crippen LogP contribution in [0.4, 0.5) is 0 Å². The average molecular weight is 421 g/mol. The Hall–Kier alpha value is -3.72. The molecule has 0 spiro atoms. The molecule has 0 aromatic heterocycles. The molecule has 2 aliphatic rings. The van der Waals surface area contributed by atoms with Crippen LogP contribution in [0.5, 0.6) is 0 Å². The first kappa shape index (κ1) is 21.5. The molecule has 0 saturated heterocycles. The topological polar surface area (TPSA) is 99.7 Å². The van der Waals surface area contributed by atoms with E-state index in [4.69, 9.17) is 5.41 Å². The van der Waals surface area contributed by atoms with Crippen LogP contribution >= 0.6 is 0 Å². The first-order valence-electron chi connectivity index (χ1n) is 11.1. The van der Waals surface area contributed by atoms with Gasteiger partial charge in [-0.3, -0.25) is 0 Å². The summed E-state index contributed by atoms with van der Waals surface area (Å²) in [6.45, 7) is 4.35. The first-order chi connectivity index (χ1) is 15.6. The zero-order valence-corrected chi connectivity index (χ0v) is 18.2. The van der Waals surface area contributed by atoms with Gasteiger partial charge < -0.3 is 10.3 Å². The predicted octanol–water partition coefficient (Wildman–Crippen LogP) is 3.18. The standard InChI is InChI=1S/C27H25N5/c1-2-19-8-10-21(11-9-19)25-22(14-28)26(31)27(17-29,18-30)24-12-13-32(16-23(24)25)15-20-6-4-3-5-7-20/h3-12,22-23,25,31H,2,13,15-16H2,1H3/p+1/t22?,23-,25-/m0/s1. The Labute approximate surface area is 189 Å². The summed E-state index contributed by atoms with van der Waals surface area (Å²) in [4.78, 5) is 1.33. The zero-order chi connectivity index (χ0) is 22.7. The summed E-state index contributed by atoms with van der Waals surface area (Å²) >= 11 is 0. The fourth-order valence-electron chi connectivity index (χ4n) is 5.31. The van der Waals surface area contributed by atoms with Crippen LogP contribution in [0.1, 0.15) is 29.5 Å². The number of benzene rings is 2. The quantitative estimate of drug-likeness (QED) is 0.743. The highest BCUT2D eigenvalue weighted by molar-refractivity contribution is 6.01. The van der Waals surface area contributed by atoms with Crippen molar-refractivity contribution < 1.29 is 4.90 Å². The Morgan fingerprint density at radius 3 is 2.28 bits per heavy atom. The smallest absolute Gasteiger partial charge is 0.203 e. The minimum atomic E-state index is -1.65. The molecule has 5 nitrogen and oxygen atoms in total. The largest absolute Gasteiger partial charge is 0.327 e. The summed E-state index contributed by atoms with van der Waals surface area (Å²) in [5, 5.41) is 38.9. The molecule has 0 radical (unpaired) electrons. The van der Waals surface area contributed by atoms with Crippen molar-refractivity contribution in [1.29, 1.82) is 21.2 Å². The molecule has 2 aromatic carbocycles. The number of nitrogens with zero attached hydrogens (tertiary/aromatic N) is 3. The van der Waals surface area contributed by atoms with Crippen LogP contribution in [0.15, 0.2) is 66.2 Å². The van der Waals surface area contributed by atoms with Gasteiger partial charge in [-0.25, -0.2) is 0 Å². The molecule has 1 aliphatic carbocycles. The summed E-state index contributed by atoms with van der Waals surface area (Å²) in [6, 6.07) is 25.1. The van der Waals surface area contributed by atoms with E-state index >= 15 is 0 Å². The number of hydrogen-bond donors (Lipinski definition) is 2. The fraction of sp³-hybridized carbons (Fsp3) is 0.333. The summed E-state index contributed by atoms with van der Waals surface area (Å²) in [7, 11) is 0. The van der Waals surface area contributed by atoms with E-state index in [0.29, 0.717) is 12.1 Å². The highest BCUT2D eigenvalue weighted by atomic mass is 15.1. The normalized spacial score (nSPS) is 26.1. The van der Waals surface area contributed by atoms with E-state index in [1.807, 2.05) is 24.3 Å². The van der Waals surface area contributed by atoms with Crippen molar-refractivity contribution >= 4 is 5.71 Å². The summed E-state index contributed by atoms with van der Waals surface area (Å²) in [5.41, 5.74) is 2.43. The first-order valence-corrected chi connectivity index (χ1v) is 11.1. The van der Waals surface area contributed by atoms with Crippen molar-refractivity contribution in [2.45, 2.75) is 25.8 Å². The molecule has 4 rings (SSSR count). The van der Waals surface area contributed by atoms with Crippen LogP contribution in [-0.2, 0) is 13.0 Å². The van der Waals surface area contributed by atoms with E-state index in [0.717, 1.165) is 25.1 Å². The van der Waals surface area contributed by atoms with Gasteiger partial charge in [0.05, 0.1) is 42.9 Å². The van der Waals surface area contributed by atoms with Crippen molar-refractivity contribution in [1.82, 2.24) is 0 Å². The second-order valence-corrected chi connectivity index (χ2v) is 8.70. The Morgan fingerprint density at radius 2 is 1.69 bits per heavy atom. The lowest BCUT2D eigenvalue weighted by atomic mass is 9.55. The SMILES string of the molecule is CCc1ccc([C@H]2C(C#N)C(=N)C(C#N)(C#N)C3=CC[NH+](Cc4ccccc4)C[C@@H]32)cc1. The molecule has 1 heterocycles. The maximum Gasteiger partial charge on any atom is 0.203 e. The van der Waals surface area contributed by atoms with Gasteiger partial charge in [-0.2, -0.15) is 15.8 Å².